The average molecular weight is 267 g/mol. The highest BCUT2D eigenvalue weighted by molar-refractivity contribution is 5.29. The minimum Gasteiger partial charge on any atom is -0.490 e. The van der Waals surface area contributed by atoms with Gasteiger partial charge in [0.1, 0.15) is 0 Å². The van der Waals surface area contributed by atoms with E-state index in [1.807, 2.05) is 6.07 Å². The second-order valence-electron chi connectivity index (χ2n) is 5.34. The predicted octanol–water partition coefficient (Wildman–Crippen LogP) is 2.74. The Labute approximate surface area is 114 Å². The molecule has 1 heterocycles. The SMILES string of the molecule is CC(C)NCc1ccc(OCC2CCOC2)c(F)c1. The molecule has 1 fully saturated rings. The minimum atomic E-state index is -0.290. The van der Waals surface area contributed by atoms with Crippen molar-refractivity contribution in [2.24, 2.45) is 5.92 Å². The normalized spacial score (nSPS) is 19.1. The summed E-state index contributed by atoms with van der Waals surface area (Å²) in [6, 6.07) is 5.54. The maximum Gasteiger partial charge on any atom is 0.165 e. The zero-order valence-electron chi connectivity index (χ0n) is 11.6. The quantitative estimate of drug-likeness (QED) is 0.859. The van der Waals surface area contributed by atoms with Crippen molar-refractivity contribution in [3.05, 3.63) is 29.6 Å². The summed E-state index contributed by atoms with van der Waals surface area (Å²) in [5.41, 5.74) is 0.933. The fourth-order valence-electron chi connectivity index (χ4n) is 2.02. The number of hydrogen-bond donors (Lipinski definition) is 1. The molecule has 0 spiro atoms. The fourth-order valence-corrected chi connectivity index (χ4v) is 2.02. The first-order chi connectivity index (χ1) is 9.15. The third-order valence-electron chi connectivity index (χ3n) is 3.21. The van der Waals surface area contributed by atoms with Crippen LogP contribution in [-0.4, -0.2) is 25.9 Å². The van der Waals surface area contributed by atoms with Gasteiger partial charge in [0.05, 0.1) is 13.2 Å². The molecule has 1 aromatic carbocycles. The van der Waals surface area contributed by atoms with Gasteiger partial charge in [0.2, 0.25) is 0 Å². The molecule has 1 aromatic rings. The fraction of sp³-hybridized carbons (Fsp3) is 0.600. The van der Waals surface area contributed by atoms with Crippen molar-refractivity contribution in [2.75, 3.05) is 19.8 Å². The monoisotopic (exact) mass is 267 g/mol. The molecule has 0 radical (unpaired) electrons. The van der Waals surface area contributed by atoms with Crippen LogP contribution in [0, 0.1) is 11.7 Å². The van der Waals surface area contributed by atoms with Gasteiger partial charge in [-0.05, 0) is 24.1 Å². The molecule has 0 aromatic heterocycles. The van der Waals surface area contributed by atoms with Crippen LogP contribution in [0.25, 0.3) is 0 Å². The van der Waals surface area contributed by atoms with E-state index in [1.54, 1.807) is 6.07 Å². The second-order valence-corrected chi connectivity index (χ2v) is 5.34. The Morgan fingerprint density at radius 3 is 2.95 bits per heavy atom. The summed E-state index contributed by atoms with van der Waals surface area (Å²) in [7, 11) is 0. The first-order valence-corrected chi connectivity index (χ1v) is 6.87. The molecule has 4 heteroatoms. The maximum absolute atomic E-state index is 13.9. The van der Waals surface area contributed by atoms with E-state index in [4.69, 9.17) is 9.47 Å². The molecular weight excluding hydrogens is 245 g/mol. The number of halogens is 1. The predicted molar refractivity (Wildman–Crippen MR) is 72.8 cm³/mol. The Morgan fingerprint density at radius 2 is 2.32 bits per heavy atom. The topological polar surface area (TPSA) is 30.5 Å². The lowest BCUT2D eigenvalue weighted by Crippen LogP contribution is -2.21. The summed E-state index contributed by atoms with van der Waals surface area (Å²) in [6.45, 7) is 6.84. The molecule has 2 rings (SSSR count). The van der Waals surface area contributed by atoms with Crippen LogP contribution >= 0.6 is 0 Å². The molecule has 1 aliphatic heterocycles. The van der Waals surface area contributed by atoms with Crippen LogP contribution < -0.4 is 10.1 Å². The molecule has 1 N–H and O–H groups in total. The highest BCUT2D eigenvalue weighted by atomic mass is 19.1. The van der Waals surface area contributed by atoms with Crippen molar-refractivity contribution < 1.29 is 13.9 Å². The van der Waals surface area contributed by atoms with E-state index in [2.05, 4.69) is 19.2 Å². The van der Waals surface area contributed by atoms with E-state index >= 15 is 0 Å². The van der Waals surface area contributed by atoms with Gasteiger partial charge in [-0.15, -0.1) is 0 Å². The maximum atomic E-state index is 13.9. The highest BCUT2D eigenvalue weighted by Crippen LogP contribution is 2.21. The van der Waals surface area contributed by atoms with E-state index in [0.29, 0.717) is 30.9 Å². The molecule has 1 atom stereocenters. The lowest BCUT2D eigenvalue weighted by molar-refractivity contribution is 0.165. The van der Waals surface area contributed by atoms with Gasteiger partial charge >= 0.3 is 0 Å². The van der Waals surface area contributed by atoms with Crippen molar-refractivity contribution in [1.82, 2.24) is 5.32 Å². The highest BCUT2D eigenvalue weighted by Gasteiger charge is 2.17. The van der Waals surface area contributed by atoms with Crippen LogP contribution in [0.5, 0.6) is 5.75 Å². The summed E-state index contributed by atoms with van der Waals surface area (Å²) in [5, 5.41) is 3.26. The lowest BCUT2D eigenvalue weighted by atomic mass is 10.1. The Balaban J connectivity index is 1.87. The van der Waals surface area contributed by atoms with Gasteiger partial charge in [-0.2, -0.15) is 0 Å². The zero-order valence-corrected chi connectivity index (χ0v) is 11.6. The van der Waals surface area contributed by atoms with Gasteiger partial charge in [-0.25, -0.2) is 4.39 Å². The van der Waals surface area contributed by atoms with Gasteiger partial charge in [0.25, 0.3) is 0 Å². The minimum absolute atomic E-state index is 0.290. The van der Waals surface area contributed by atoms with E-state index in [0.717, 1.165) is 25.2 Å². The molecule has 0 amide bonds. The third kappa shape index (κ3) is 4.48. The molecular formula is C15H22FNO2. The van der Waals surface area contributed by atoms with Gasteiger partial charge in [0, 0.05) is 25.1 Å². The van der Waals surface area contributed by atoms with Gasteiger partial charge in [-0.3, -0.25) is 0 Å². The molecule has 0 aliphatic carbocycles. The van der Waals surface area contributed by atoms with Crippen LogP contribution in [0.2, 0.25) is 0 Å². The van der Waals surface area contributed by atoms with Gasteiger partial charge < -0.3 is 14.8 Å². The Morgan fingerprint density at radius 1 is 1.47 bits per heavy atom. The summed E-state index contributed by atoms with van der Waals surface area (Å²) in [5.74, 6) is 0.434. The van der Waals surface area contributed by atoms with Gasteiger partial charge in [0.15, 0.2) is 11.6 Å². The van der Waals surface area contributed by atoms with Crippen molar-refractivity contribution in [3.63, 3.8) is 0 Å². The number of nitrogens with one attached hydrogen (secondary N) is 1. The molecule has 19 heavy (non-hydrogen) atoms. The van der Waals surface area contributed by atoms with E-state index < -0.39 is 0 Å². The molecule has 1 unspecified atom stereocenters. The van der Waals surface area contributed by atoms with Crippen molar-refractivity contribution in [1.29, 1.82) is 0 Å². The lowest BCUT2D eigenvalue weighted by Gasteiger charge is -2.12. The van der Waals surface area contributed by atoms with Crippen LogP contribution in [0.3, 0.4) is 0 Å². The summed E-state index contributed by atoms with van der Waals surface area (Å²) in [4.78, 5) is 0. The third-order valence-corrected chi connectivity index (χ3v) is 3.21. The van der Waals surface area contributed by atoms with E-state index in [1.165, 1.54) is 6.07 Å². The van der Waals surface area contributed by atoms with E-state index in [-0.39, 0.29) is 5.82 Å². The average Bonchev–Trinajstić information content (AvgIpc) is 2.88. The summed E-state index contributed by atoms with van der Waals surface area (Å²) < 4.78 is 24.7. The van der Waals surface area contributed by atoms with Gasteiger partial charge in [-0.1, -0.05) is 19.9 Å². The van der Waals surface area contributed by atoms with Crippen LogP contribution in [0.4, 0.5) is 4.39 Å². The smallest absolute Gasteiger partial charge is 0.165 e. The largest absolute Gasteiger partial charge is 0.490 e. The molecule has 1 aliphatic rings. The van der Waals surface area contributed by atoms with Crippen LogP contribution in [0.15, 0.2) is 18.2 Å². The Bertz CT molecular complexity index is 403. The second kappa shape index (κ2) is 6.87. The first kappa shape index (κ1) is 14.3. The summed E-state index contributed by atoms with van der Waals surface area (Å²) >= 11 is 0. The molecule has 1 saturated heterocycles. The molecule has 0 bridgehead atoms. The van der Waals surface area contributed by atoms with Crippen molar-refractivity contribution in [2.45, 2.75) is 32.9 Å². The number of benzene rings is 1. The molecule has 106 valence electrons. The van der Waals surface area contributed by atoms with Crippen molar-refractivity contribution in [3.8, 4) is 5.75 Å². The molecule has 0 saturated carbocycles. The zero-order chi connectivity index (χ0) is 13.7. The Kier molecular flexibility index (Phi) is 5.16. The van der Waals surface area contributed by atoms with Crippen LogP contribution in [-0.2, 0) is 11.3 Å². The van der Waals surface area contributed by atoms with Crippen molar-refractivity contribution >= 4 is 0 Å². The Hall–Kier alpha value is -1.13. The number of ether oxygens (including phenoxy) is 2. The number of rotatable bonds is 6. The summed E-state index contributed by atoms with van der Waals surface area (Å²) in [6.07, 6.45) is 0.998. The number of hydrogen-bond acceptors (Lipinski definition) is 3. The van der Waals surface area contributed by atoms with Crippen LogP contribution in [0.1, 0.15) is 25.8 Å². The van der Waals surface area contributed by atoms with E-state index in [9.17, 15) is 4.39 Å². The molecule has 3 nitrogen and oxygen atoms in total. The standard InChI is InChI=1S/C15H22FNO2/c1-11(2)17-8-12-3-4-15(14(16)7-12)19-10-13-5-6-18-9-13/h3-4,7,11,13,17H,5-6,8-10H2,1-2H3. The first-order valence-electron chi connectivity index (χ1n) is 6.87.